The summed E-state index contributed by atoms with van der Waals surface area (Å²) in [6.07, 6.45) is 0.813. The van der Waals surface area contributed by atoms with Crippen molar-refractivity contribution in [2.45, 2.75) is 27.7 Å². The average molecular weight is 286 g/mol. The Kier molecular flexibility index (Phi) is 10.2. The minimum atomic E-state index is 0.508. The van der Waals surface area contributed by atoms with E-state index in [0.29, 0.717) is 23.8 Å². The molecule has 0 N–H and O–H groups in total. The molecule has 1 aliphatic rings. The zero-order chi connectivity index (χ0) is 14.7. The number of rotatable bonds is 2. The van der Waals surface area contributed by atoms with Crippen LogP contribution in [0.2, 0.25) is 5.02 Å². The van der Waals surface area contributed by atoms with Crippen LogP contribution in [0.4, 0.5) is 5.69 Å². The van der Waals surface area contributed by atoms with Crippen LogP contribution in [0.5, 0.6) is 0 Å². The molecule has 0 radical (unpaired) electrons. The Labute approximate surface area is 121 Å². The van der Waals surface area contributed by atoms with Gasteiger partial charge in [0.05, 0.1) is 23.8 Å². The molecule has 3 nitrogen and oxygen atoms in total. The van der Waals surface area contributed by atoms with Crippen LogP contribution < -0.4 is 4.90 Å². The molecule has 108 valence electrons. The van der Waals surface area contributed by atoms with Crippen LogP contribution in [0.25, 0.3) is 0 Å². The van der Waals surface area contributed by atoms with Crippen LogP contribution in [0, 0.1) is 0 Å². The van der Waals surface area contributed by atoms with Crippen LogP contribution in [0.1, 0.15) is 38.1 Å². The molecule has 0 atom stereocenters. The lowest BCUT2D eigenvalue weighted by Gasteiger charge is -2.29. The van der Waals surface area contributed by atoms with Gasteiger partial charge in [-0.3, -0.25) is 4.79 Å². The molecule has 1 heterocycles. The van der Waals surface area contributed by atoms with E-state index in [9.17, 15) is 4.79 Å². The summed E-state index contributed by atoms with van der Waals surface area (Å²) >= 11 is 5.96. The lowest BCUT2D eigenvalue weighted by molar-refractivity contribution is 0.111. The summed E-state index contributed by atoms with van der Waals surface area (Å²) in [6.45, 7) is 11.0. The number of aldehydes is 1. The second-order valence-electron chi connectivity index (χ2n) is 3.39. The maximum absolute atomic E-state index is 10.9. The van der Waals surface area contributed by atoms with Gasteiger partial charge < -0.3 is 9.64 Å². The normalized spacial score (nSPS) is 13.6. The predicted octanol–water partition coefficient (Wildman–Crippen LogP) is 4.04. The maximum atomic E-state index is 10.9. The Morgan fingerprint density at radius 2 is 1.74 bits per heavy atom. The first-order valence-corrected chi connectivity index (χ1v) is 7.27. The molecule has 0 spiro atoms. The first-order chi connectivity index (χ1) is 9.33. The van der Waals surface area contributed by atoms with Crippen molar-refractivity contribution in [3.05, 3.63) is 28.8 Å². The molecule has 0 unspecified atom stereocenters. The number of carbonyl (C=O) groups is 1. The largest absolute Gasteiger partial charge is 0.378 e. The van der Waals surface area contributed by atoms with Gasteiger partial charge in [0.1, 0.15) is 0 Å². The van der Waals surface area contributed by atoms with Gasteiger partial charge >= 0.3 is 0 Å². The third kappa shape index (κ3) is 5.21. The summed E-state index contributed by atoms with van der Waals surface area (Å²) in [4.78, 5) is 13.1. The predicted molar refractivity (Wildman–Crippen MR) is 82.6 cm³/mol. The van der Waals surface area contributed by atoms with Crippen molar-refractivity contribution in [3.63, 3.8) is 0 Å². The van der Waals surface area contributed by atoms with Crippen molar-refractivity contribution in [2.75, 3.05) is 31.2 Å². The SMILES string of the molecule is CC.CC.O=Cc1c(Cl)cccc1N1CCOCC1. The van der Waals surface area contributed by atoms with Gasteiger partial charge in [-0.15, -0.1) is 0 Å². The third-order valence-corrected chi connectivity index (χ3v) is 2.83. The molecule has 1 saturated heterocycles. The monoisotopic (exact) mass is 285 g/mol. The van der Waals surface area contributed by atoms with Crippen LogP contribution in [-0.2, 0) is 4.74 Å². The molecule has 1 aromatic carbocycles. The number of anilines is 1. The Bertz CT molecular complexity index is 363. The number of ether oxygens (including phenoxy) is 1. The second-order valence-corrected chi connectivity index (χ2v) is 3.80. The van der Waals surface area contributed by atoms with Gasteiger partial charge in [0.15, 0.2) is 6.29 Å². The van der Waals surface area contributed by atoms with Gasteiger partial charge in [0.2, 0.25) is 0 Å². The lowest BCUT2D eigenvalue weighted by atomic mass is 10.1. The number of carbonyl (C=O) groups excluding carboxylic acids is 1. The van der Waals surface area contributed by atoms with Crippen molar-refractivity contribution < 1.29 is 9.53 Å². The second kappa shape index (κ2) is 10.8. The number of hydrogen-bond donors (Lipinski definition) is 0. The van der Waals surface area contributed by atoms with E-state index < -0.39 is 0 Å². The number of nitrogens with zero attached hydrogens (tertiary/aromatic N) is 1. The van der Waals surface area contributed by atoms with Crippen molar-refractivity contribution in [1.82, 2.24) is 0 Å². The quantitative estimate of drug-likeness (QED) is 0.768. The van der Waals surface area contributed by atoms with E-state index in [0.717, 1.165) is 25.1 Å². The van der Waals surface area contributed by atoms with Crippen molar-refractivity contribution >= 4 is 23.6 Å². The van der Waals surface area contributed by atoms with Crippen molar-refractivity contribution in [1.29, 1.82) is 0 Å². The molecule has 19 heavy (non-hydrogen) atoms. The fourth-order valence-electron chi connectivity index (χ4n) is 1.72. The van der Waals surface area contributed by atoms with Crippen molar-refractivity contribution in [3.8, 4) is 0 Å². The summed E-state index contributed by atoms with van der Waals surface area (Å²) < 4.78 is 5.26. The Balaban J connectivity index is 0.000000741. The number of halogens is 1. The molecule has 2 rings (SSSR count). The van der Waals surface area contributed by atoms with Gasteiger partial charge in [-0.2, -0.15) is 0 Å². The molecule has 1 aliphatic heterocycles. The third-order valence-electron chi connectivity index (χ3n) is 2.50. The minimum Gasteiger partial charge on any atom is -0.378 e. The highest BCUT2D eigenvalue weighted by molar-refractivity contribution is 6.33. The molecule has 4 heteroatoms. The standard InChI is InChI=1S/C11H12ClNO2.2C2H6/c12-10-2-1-3-11(9(10)8-14)13-4-6-15-7-5-13;2*1-2/h1-3,8H,4-7H2;2*1-2H3. The van der Waals surface area contributed by atoms with Crippen LogP contribution >= 0.6 is 11.6 Å². The molecule has 0 aliphatic carbocycles. The van der Waals surface area contributed by atoms with E-state index in [-0.39, 0.29) is 0 Å². The number of hydrogen-bond acceptors (Lipinski definition) is 3. The fourth-order valence-corrected chi connectivity index (χ4v) is 1.94. The molecule has 0 aromatic heterocycles. The summed E-state index contributed by atoms with van der Waals surface area (Å²) in [7, 11) is 0. The maximum Gasteiger partial charge on any atom is 0.153 e. The molecular formula is C15H24ClNO2. The Hall–Kier alpha value is -1.06. The minimum absolute atomic E-state index is 0.508. The fraction of sp³-hybridized carbons (Fsp3) is 0.533. The summed E-state index contributed by atoms with van der Waals surface area (Å²) in [6, 6.07) is 5.51. The first-order valence-electron chi connectivity index (χ1n) is 6.89. The van der Waals surface area contributed by atoms with Gasteiger partial charge in [-0.1, -0.05) is 45.4 Å². The van der Waals surface area contributed by atoms with E-state index in [1.807, 2.05) is 39.8 Å². The molecule has 1 fully saturated rings. The van der Waals surface area contributed by atoms with E-state index in [1.165, 1.54) is 0 Å². The summed E-state index contributed by atoms with van der Waals surface area (Å²) in [5.41, 5.74) is 1.47. The van der Waals surface area contributed by atoms with Crippen LogP contribution in [0.3, 0.4) is 0 Å². The van der Waals surface area contributed by atoms with Gasteiger partial charge in [0.25, 0.3) is 0 Å². The topological polar surface area (TPSA) is 29.5 Å². The molecule has 1 aromatic rings. The first kappa shape index (κ1) is 17.9. The highest BCUT2D eigenvalue weighted by Gasteiger charge is 2.15. The lowest BCUT2D eigenvalue weighted by Crippen LogP contribution is -2.36. The van der Waals surface area contributed by atoms with Crippen LogP contribution in [-0.4, -0.2) is 32.6 Å². The molecule has 0 saturated carbocycles. The van der Waals surface area contributed by atoms with Gasteiger partial charge in [0, 0.05) is 18.8 Å². The van der Waals surface area contributed by atoms with Gasteiger partial charge in [-0.25, -0.2) is 0 Å². The highest BCUT2D eigenvalue weighted by atomic mass is 35.5. The van der Waals surface area contributed by atoms with E-state index in [1.54, 1.807) is 6.07 Å². The van der Waals surface area contributed by atoms with Crippen molar-refractivity contribution in [2.24, 2.45) is 0 Å². The molecular weight excluding hydrogens is 262 g/mol. The summed E-state index contributed by atoms with van der Waals surface area (Å²) in [5, 5.41) is 0.508. The smallest absolute Gasteiger partial charge is 0.153 e. The van der Waals surface area contributed by atoms with Gasteiger partial charge in [-0.05, 0) is 12.1 Å². The number of benzene rings is 1. The molecule has 0 bridgehead atoms. The Morgan fingerprint density at radius 1 is 1.16 bits per heavy atom. The average Bonchev–Trinajstić information content (AvgIpc) is 2.52. The summed E-state index contributed by atoms with van der Waals surface area (Å²) in [5.74, 6) is 0. The Morgan fingerprint density at radius 3 is 2.26 bits per heavy atom. The van der Waals surface area contributed by atoms with E-state index in [2.05, 4.69) is 4.90 Å². The van der Waals surface area contributed by atoms with E-state index >= 15 is 0 Å². The number of morpholine rings is 1. The van der Waals surface area contributed by atoms with Crippen LogP contribution in [0.15, 0.2) is 18.2 Å². The highest BCUT2D eigenvalue weighted by Crippen LogP contribution is 2.26. The van der Waals surface area contributed by atoms with E-state index in [4.69, 9.17) is 16.3 Å². The zero-order valence-corrected chi connectivity index (χ0v) is 13.0. The zero-order valence-electron chi connectivity index (χ0n) is 12.3. The molecule has 0 amide bonds.